The molecular formula is C51H31N5S. The molecule has 0 saturated carbocycles. The SMILES string of the molecule is c1ccc(-c2ccc(-c3nc(-c4ccc5c(c4)sc4ccccc45)nc(-n4c5ccccc5c5ccc6c7ccccc7n(-c7ccccc7)c6c54)n3)cc2)cc1. The van der Waals surface area contributed by atoms with Crippen molar-refractivity contribution in [2.24, 2.45) is 0 Å². The Kier molecular flexibility index (Phi) is 7.03. The largest absolute Gasteiger partial charge is 0.307 e. The van der Waals surface area contributed by atoms with Gasteiger partial charge in [-0.25, -0.2) is 4.98 Å². The molecule has 0 N–H and O–H groups in total. The molecule has 0 aliphatic rings. The van der Waals surface area contributed by atoms with Crippen LogP contribution in [0, 0.1) is 0 Å². The number of benzene rings is 8. The molecule has 0 radical (unpaired) electrons. The van der Waals surface area contributed by atoms with Gasteiger partial charge in [0.15, 0.2) is 11.6 Å². The van der Waals surface area contributed by atoms with E-state index in [0.717, 1.165) is 55.2 Å². The highest BCUT2D eigenvalue weighted by molar-refractivity contribution is 7.25. The summed E-state index contributed by atoms with van der Waals surface area (Å²) < 4.78 is 7.12. The molecule has 5 nitrogen and oxygen atoms in total. The van der Waals surface area contributed by atoms with E-state index in [1.165, 1.54) is 36.5 Å². The van der Waals surface area contributed by atoms with Crippen LogP contribution >= 0.6 is 11.3 Å². The van der Waals surface area contributed by atoms with Crippen molar-refractivity contribution >= 4 is 75.1 Å². The molecule has 12 aromatic rings. The third-order valence-corrected chi connectivity index (χ3v) is 12.3. The standard InChI is InChI=1S/C51H31N5S/c1-3-13-32(14-4-1)33-23-25-34(26-24-33)49-52-50(35-27-28-40-39-19-9-12-22-45(39)57-46(40)31-35)54-51(53-49)56-44-21-11-8-18-38(44)42-30-29-41-37-17-7-10-20-43(37)55(47(41)48(42)56)36-15-5-2-6-16-36/h1-31H. The van der Waals surface area contributed by atoms with Crippen LogP contribution in [0.3, 0.4) is 0 Å². The van der Waals surface area contributed by atoms with Crippen molar-refractivity contribution in [3.63, 3.8) is 0 Å². The average molecular weight is 746 g/mol. The van der Waals surface area contributed by atoms with E-state index in [1.807, 2.05) is 6.07 Å². The van der Waals surface area contributed by atoms with Gasteiger partial charge in [-0.2, -0.15) is 9.97 Å². The first-order valence-corrected chi connectivity index (χ1v) is 19.9. The molecule has 0 aliphatic carbocycles. The zero-order chi connectivity index (χ0) is 37.5. The van der Waals surface area contributed by atoms with E-state index in [2.05, 4.69) is 191 Å². The molecule has 0 unspecified atom stereocenters. The first kappa shape index (κ1) is 31.9. The molecule has 266 valence electrons. The van der Waals surface area contributed by atoms with Crippen LogP contribution in [0.1, 0.15) is 0 Å². The van der Waals surface area contributed by atoms with Crippen molar-refractivity contribution in [2.75, 3.05) is 0 Å². The van der Waals surface area contributed by atoms with Gasteiger partial charge in [-0.05, 0) is 47.5 Å². The Morgan fingerprint density at radius 3 is 1.54 bits per heavy atom. The van der Waals surface area contributed by atoms with Crippen molar-refractivity contribution in [1.82, 2.24) is 24.1 Å². The number of rotatable bonds is 5. The van der Waals surface area contributed by atoms with Crippen molar-refractivity contribution < 1.29 is 0 Å². The van der Waals surface area contributed by atoms with E-state index in [9.17, 15) is 0 Å². The van der Waals surface area contributed by atoms with Gasteiger partial charge >= 0.3 is 0 Å². The quantitative estimate of drug-likeness (QED) is 0.176. The molecule has 0 amide bonds. The topological polar surface area (TPSA) is 48.5 Å². The minimum Gasteiger partial charge on any atom is -0.307 e. The number of hydrogen-bond donors (Lipinski definition) is 0. The van der Waals surface area contributed by atoms with Gasteiger partial charge in [-0.3, -0.25) is 4.57 Å². The van der Waals surface area contributed by atoms with Gasteiger partial charge in [-0.1, -0.05) is 152 Å². The Labute approximate surface area is 331 Å². The summed E-state index contributed by atoms with van der Waals surface area (Å²) in [6, 6.07) is 66.6. The highest BCUT2D eigenvalue weighted by atomic mass is 32.1. The molecular weight excluding hydrogens is 715 g/mol. The lowest BCUT2D eigenvalue weighted by Gasteiger charge is -2.13. The minimum atomic E-state index is 0.571. The molecule has 0 fully saturated rings. The summed E-state index contributed by atoms with van der Waals surface area (Å²) in [4.78, 5) is 16.0. The first-order valence-electron chi connectivity index (χ1n) is 19.1. The van der Waals surface area contributed by atoms with Gasteiger partial charge in [0.05, 0.1) is 22.1 Å². The van der Waals surface area contributed by atoms with Crippen molar-refractivity contribution in [1.29, 1.82) is 0 Å². The molecule has 12 rings (SSSR count). The Morgan fingerprint density at radius 2 is 0.825 bits per heavy atom. The number of para-hydroxylation sites is 3. The second kappa shape index (κ2) is 12.6. The Balaban J connectivity index is 1.17. The van der Waals surface area contributed by atoms with Gasteiger partial charge in [0.1, 0.15) is 0 Å². The van der Waals surface area contributed by atoms with Gasteiger partial charge in [-0.15, -0.1) is 11.3 Å². The van der Waals surface area contributed by atoms with Crippen LogP contribution in [-0.4, -0.2) is 24.1 Å². The highest BCUT2D eigenvalue weighted by Crippen LogP contribution is 2.42. The van der Waals surface area contributed by atoms with E-state index < -0.39 is 0 Å². The van der Waals surface area contributed by atoms with Crippen LogP contribution in [0.5, 0.6) is 0 Å². The molecule has 4 aromatic heterocycles. The van der Waals surface area contributed by atoms with Gasteiger partial charge in [0, 0.05) is 58.5 Å². The maximum atomic E-state index is 5.40. The van der Waals surface area contributed by atoms with Crippen LogP contribution in [0.15, 0.2) is 188 Å². The summed E-state index contributed by atoms with van der Waals surface area (Å²) in [5.74, 6) is 1.82. The third kappa shape index (κ3) is 4.98. The van der Waals surface area contributed by atoms with E-state index in [4.69, 9.17) is 15.0 Å². The molecule has 0 aliphatic heterocycles. The fraction of sp³-hybridized carbons (Fsp3) is 0. The van der Waals surface area contributed by atoms with E-state index in [-0.39, 0.29) is 0 Å². The smallest absolute Gasteiger partial charge is 0.238 e. The van der Waals surface area contributed by atoms with Crippen molar-refractivity contribution in [2.45, 2.75) is 0 Å². The zero-order valence-corrected chi connectivity index (χ0v) is 31.4. The molecule has 4 heterocycles. The summed E-state index contributed by atoms with van der Waals surface area (Å²) in [5, 5.41) is 7.16. The zero-order valence-electron chi connectivity index (χ0n) is 30.5. The van der Waals surface area contributed by atoms with E-state index in [1.54, 1.807) is 11.3 Å². The Morgan fingerprint density at radius 1 is 0.333 bits per heavy atom. The predicted molar refractivity (Wildman–Crippen MR) is 238 cm³/mol. The number of aromatic nitrogens is 5. The summed E-state index contributed by atoms with van der Waals surface area (Å²) in [6.07, 6.45) is 0. The lowest BCUT2D eigenvalue weighted by atomic mass is 10.0. The second-order valence-corrected chi connectivity index (χ2v) is 15.5. The maximum absolute atomic E-state index is 5.40. The summed E-state index contributed by atoms with van der Waals surface area (Å²) in [7, 11) is 0. The molecule has 0 spiro atoms. The van der Waals surface area contributed by atoms with Crippen LogP contribution in [0.2, 0.25) is 0 Å². The van der Waals surface area contributed by atoms with Crippen LogP contribution < -0.4 is 0 Å². The second-order valence-electron chi connectivity index (χ2n) is 14.4. The number of hydrogen-bond acceptors (Lipinski definition) is 4. The van der Waals surface area contributed by atoms with Crippen LogP contribution in [-0.2, 0) is 0 Å². The average Bonchev–Trinajstić information content (AvgIpc) is 3.94. The molecule has 6 heteroatoms. The predicted octanol–water partition coefficient (Wildman–Crippen LogP) is 13.4. The minimum absolute atomic E-state index is 0.571. The summed E-state index contributed by atoms with van der Waals surface area (Å²) >= 11 is 1.80. The van der Waals surface area contributed by atoms with E-state index in [0.29, 0.717) is 17.6 Å². The first-order chi connectivity index (χ1) is 28.3. The monoisotopic (exact) mass is 745 g/mol. The highest BCUT2D eigenvalue weighted by Gasteiger charge is 2.23. The molecule has 0 saturated heterocycles. The van der Waals surface area contributed by atoms with Crippen LogP contribution in [0.25, 0.3) is 109 Å². The Hall–Kier alpha value is -7.41. The van der Waals surface area contributed by atoms with Gasteiger partial charge < -0.3 is 4.57 Å². The maximum Gasteiger partial charge on any atom is 0.238 e. The molecule has 57 heavy (non-hydrogen) atoms. The number of nitrogens with zero attached hydrogens (tertiary/aromatic N) is 5. The van der Waals surface area contributed by atoms with E-state index >= 15 is 0 Å². The van der Waals surface area contributed by atoms with Crippen molar-refractivity contribution in [3.05, 3.63) is 188 Å². The number of fused-ring (bicyclic) bond motifs is 10. The fourth-order valence-electron chi connectivity index (χ4n) is 8.58. The van der Waals surface area contributed by atoms with Gasteiger partial charge in [0.2, 0.25) is 5.95 Å². The summed E-state index contributed by atoms with van der Waals surface area (Å²) in [5.41, 5.74) is 9.62. The normalized spacial score (nSPS) is 11.9. The van der Waals surface area contributed by atoms with Crippen LogP contribution in [0.4, 0.5) is 0 Å². The fourth-order valence-corrected chi connectivity index (χ4v) is 9.73. The number of thiophene rings is 1. The lowest BCUT2D eigenvalue weighted by Crippen LogP contribution is -2.07. The third-order valence-electron chi connectivity index (χ3n) is 11.2. The molecule has 8 aromatic carbocycles. The lowest BCUT2D eigenvalue weighted by molar-refractivity contribution is 0.953. The van der Waals surface area contributed by atoms with Crippen molar-refractivity contribution in [3.8, 4) is 45.5 Å². The molecule has 0 atom stereocenters. The molecule has 0 bridgehead atoms. The summed E-state index contributed by atoms with van der Waals surface area (Å²) in [6.45, 7) is 0. The Bertz CT molecular complexity index is 3510. The van der Waals surface area contributed by atoms with Gasteiger partial charge in [0.25, 0.3) is 0 Å².